The van der Waals surface area contributed by atoms with Gasteiger partial charge in [0.15, 0.2) is 0 Å². The average molecular weight is 348 g/mol. The van der Waals surface area contributed by atoms with Crippen molar-refractivity contribution in [2.45, 2.75) is 45.1 Å². The molecule has 0 amide bonds. The summed E-state index contributed by atoms with van der Waals surface area (Å²) in [7, 11) is 4.17. The Labute approximate surface area is 157 Å². The first kappa shape index (κ1) is 17.1. The molecule has 2 aromatic carbocycles. The summed E-state index contributed by atoms with van der Waals surface area (Å²) in [5.74, 6) is 1.21. The van der Waals surface area contributed by atoms with Gasteiger partial charge in [-0.15, -0.1) is 0 Å². The van der Waals surface area contributed by atoms with E-state index in [9.17, 15) is 0 Å². The summed E-state index contributed by atoms with van der Waals surface area (Å²) >= 11 is 0. The Morgan fingerprint density at radius 2 is 1.81 bits per heavy atom. The van der Waals surface area contributed by atoms with E-state index in [-0.39, 0.29) is 5.41 Å². The van der Waals surface area contributed by atoms with Crippen molar-refractivity contribution in [2.24, 2.45) is 10.4 Å². The van der Waals surface area contributed by atoms with Crippen molar-refractivity contribution >= 4 is 17.2 Å². The van der Waals surface area contributed by atoms with Gasteiger partial charge in [0.05, 0.1) is 6.54 Å². The highest BCUT2D eigenvalue weighted by atomic mass is 15.1. The van der Waals surface area contributed by atoms with Crippen molar-refractivity contribution in [3.63, 3.8) is 0 Å². The molecule has 1 fully saturated rings. The summed E-state index contributed by atoms with van der Waals surface area (Å²) in [5.41, 5.74) is 5.41. The lowest BCUT2D eigenvalue weighted by Gasteiger charge is -2.42. The van der Waals surface area contributed by atoms with E-state index < -0.39 is 0 Å². The molecule has 3 nitrogen and oxygen atoms in total. The molecule has 26 heavy (non-hydrogen) atoms. The van der Waals surface area contributed by atoms with Crippen molar-refractivity contribution in [1.82, 2.24) is 0 Å². The number of para-hydroxylation sites is 1. The van der Waals surface area contributed by atoms with E-state index in [1.807, 2.05) is 0 Å². The summed E-state index contributed by atoms with van der Waals surface area (Å²) in [4.78, 5) is 7.26. The van der Waals surface area contributed by atoms with Crippen molar-refractivity contribution in [3.8, 4) is 0 Å². The third-order valence-corrected chi connectivity index (χ3v) is 5.96. The molecule has 0 atom stereocenters. The molecule has 1 heterocycles. The van der Waals surface area contributed by atoms with Gasteiger partial charge >= 0.3 is 0 Å². The van der Waals surface area contributed by atoms with E-state index in [4.69, 9.17) is 4.99 Å². The molecule has 0 bridgehead atoms. The Bertz CT molecular complexity index is 801. The van der Waals surface area contributed by atoms with Crippen molar-refractivity contribution in [3.05, 3.63) is 59.7 Å². The summed E-state index contributed by atoms with van der Waals surface area (Å²) in [6, 6.07) is 17.4. The van der Waals surface area contributed by atoms with Crippen molar-refractivity contribution in [1.29, 1.82) is 0 Å². The number of hydrogen-bond donors (Lipinski definition) is 1. The van der Waals surface area contributed by atoms with Crippen LogP contribution in [0, 0.1) is 5.41 Å². The fourth-order valence-electron chi connectivity index (χ4n) is 4.46. The minimum Gasteiger partial charge on any atom is -0.378 e. The molecule has 1 aliphatic heterocycles. The molecule has 4 rings (SSSR count). The van der Waals surface area contributed by atoms with E-state index in [1.165, 1.54) is 60.4 Å². The quantitative estimate of drug-likeness (QED) is 0.819. The predicted molar refractivity (Wildman–Crippen MR) is 111 cm³/mol. The monoisotopic (exact) mass is 347 g/mol. The first-order chi connectivity index (χ1) is 12.7. The third kappa shape index (κ3) is 3.35. The van der Waals surface area contributed by atoms with E-state index >= 15 is 0 Å². The van der Waals surface area contributed by atoms with Crippen LogP contribution < -0.4 is 10.2 Å². The topological polar surface area (TPSA) is 27.6 Å². The van der Waals surface area contributed by atoms with Gasteiger partial charge in [-0.2, -0.15) is 0 Å². The minimum atomic E-state index is 0.214. The van der Waals surface area contributed by atoms with Crippen LogP contribution in [-0.2, 0) is 13.0 Å². The number of aliphatic imine (C=N–C) groups is 1. The van der Waals surface area contributed by atoms with Gasteiger partial charge in [0.1, 0.15) is 5.84 Å². The van der Waals surface area contributed by atoms with Gasteiger partial charge in [-0.25, -0.2) is 0 Å². The number of anilines is 2. The number of nitrogens with one attached hydrogen (secondary N) is 1. The molecule has 0 unspecified atom stereocenters. The zero-order chi connectivity index (χ0) is 18.0. The zero-order valence-electron chi connectivity index (χ0n) is 16.0. The van der Waals surface area contributed by atoms with E-state index in [0.29, 0.717) is 0 Å². The van der Waals surface area contributed by atoms with Crippen LogP contribution in [0.15, 0.2) is 53.5 Å². The SMILES string of the molecule is CN(C)c1cccc(CN=C2Nc3ccccc3CC23CCCCC3)c1. The Kier molecular flexibility index (Phi) is 4.71. The highest BCUT2D eigenvalue weighted by Gasteiger charge is 2.40. The molecule has 136 valence electrons. The number of fused-ring (bicyclic) bond motifs is 1. The zero-order valence-corrected chi connectivity index (χ0v) is 16.0. The standard InChI is InChI=1S/C23H29N3/c1-26(2)20-11-8-9-18(15-20)17-24-22-23(13-6-3-7-14-23)16-19-10-4-5-12-21(19)25-22/h4-5,8-12,15H,3,6-7,13-14,16-17H2,1-2H3,(H,24,25). The number of amidine groups is 1. The Morgan fingerprint density at radius 3 is 2.62 bits per heavy atom. The normalized spacial score (nSPS) is 19.8. The molecule has 3 heteroatoms. The van der Waals surface area contributed by atoms with Crippen LogP contribution in [0.4, 0.5) is 11.4 Å². The van der Waals surface area contributed by atoms with Gasteiger partial charge in [0.2, 0.25) is 0 Å². The third-order valence-electron chi connectivity index (χ3n) is 5.96. The van der Waals surface area contributed by atoms with Gasteiger partial charge in [-0.3, -0.25) is 4.99 Å². The number of rotatable bonds is 3. The van der Waals surface area contributed by atoms with Crippen LogP contribution in [0.25, 0.3) is 0 Å². The van der Waals surface area contributed by atoms with Gasteiger partial charge in [-0.05, 0) is 48.6 Å². The maximum Gasteiger partial charge on any atom is 0.108 e. The Hall–Kier alpha value is -2.29. The summed E-state index contributed by atoms with van der Waals surface area (Å²) in [5, 5.41) is 3.70. The maximum atomic E-state index is 5.12. The second-order valence-corrected chi connectivity index (χ2v) is 8.03. The summed E-state index contributed by atoms with van der Waals surface area (Å²) in [6.07, 6.45) is 7.64. The van der Waals surface area contributed by atoms with Gasteiger partial charge in [-0.1, -0.05) is 49.6 Å². The van der Waals surface area contributed by atoms with Crippen molar-refractivity contribution in [2.75, 3.05) is 24.3 Å². The van der Waals surface area contributed by atoms with Gasteiger partial charge < -0.3 is 10.2 Å². The van der Waals surface area contributed by atoms with Crippen molar-refractivity contribution < 1.29 is 0 Å². The van der Waals surface area contributed by atoms with Crippen LogP contribution in [0.3, 0.4) is 0 Å². The molecule has 1 aliphatic carbocycles. The van der Waals surface area contributed by atoms with E-state index in [1.54, 1.807) is 0 Å². The predicted octanol–water partition coefficient (Wildman–Crippen LogP) is 5.27. The molecule has 0 aromatic heterocycles. The van der Waals surface area contributed by atoms with Gasteiger partial charge in [0, 0.05) is 30.9 Å². The first-order valence-corrected chi connectivity index (χ1v) is 9.82. The lowest BCUT2D eigenvalue weighted by Crippen LogP contribution is -2.43. The second-order valence-electron chi connectivity index (χ2n) is 8.03. The Balaban J connectivity index is 1.64. The summed E-state index contributed by atoms with van der Waals surface area (Å²) in [6.45, 7) is 0.744. The molecule has 0 radical (unpaired) electrons. The van der Waals surface area contributed by atoms with Crippen LogP contribution in [0.2, 0.25) is 0 Å². The van der Waals surface area contributed by atoms with Gasteiger partial charge in [0.25, 0.3) is 0 Å². The molecule has 2 aliphatic rings. The fraction of sp³-hybridized carbons (Fsp3) is 0.435. The van der Waals surface area contributed by atoms with Crippen LogP contribution in [0.5, 0.6) is 0 Å². The van der Waals surface area contributed by atoms with E-state index in [2.05, 4.69) is 72.8 Å². The molecular formula is C23H29N3. The fourth-order valence-corrected chi connectivity index (χ4v) is 4.46. The minimum absolute atomic E-state index is 0.214. The first-order valence-electron chi connectivity index (χ1n) is 9.82. The molecular weight excluding hydrogens is 318 g/mol. The van der Waals surface area contributed by atoms with E-state index in [0.717, 1.165) is 13.0 Å². The summed E-state index contributed by atoms with van der Waals surface area (Å²) < 4.78 is 0. The lowest BCUT2D eigenvalue weighted by molar-refractivity contribution is 0.278. The number of benzene rings is 2. The maximum absolute atomic E-state index is 5.12. The smallest absolute Gasteiger partial charge is 0.108 e. The largest absolute Gasteiger partial charge is 0.378 e. The average Bonchev–Trinajstić information content (AvgIpc) is 2.67. The number of nitrogens with zero attached hydrogens (tertiary/aromatic N) is 2. The number of hydrogen-bond acceptors (Lipinski definition) is 2. The molecule has 0 saturated heterocycles. The highest BCUT2D eigenvalue weighted by Crippen LogP contribution is 2.45. The highest BCUT2D eigenvalue weighted by molar-refractivity contribution is 6.02. The molecule has 1 spiro atoms. The lowest BCUT2D eigenvalue weighted by atomic mass is 9.67. The Morgan fingerprint density at radius 1 is 1.00 bits per heavy atom. The van der Waals surface area contributed by atoms with Crippen LogP contribution >= 0.6 is 0 Å². The van der Waals surface area contributed by atoms with Crippen LogP contribution in [-0.4, -0.2) is 19.9 Å². The van der Waals surface area contributed by atoms with Crippen LogP contribution in [0.1, 0.15) is 43.2 Å². The second kappa shape index (κ2) is 7.14. The molecule has 1 saturated carbocycles. The molecule has 1 N–H and O–H groups in total. The molecule has 2 aromatic rings.